The number of piperazine rings is 1. The molecule has 0 saturated carbocycles. The van der Waals surface area contributed by atoms with Crippen molar-refractivity contribution in [1.82, 2.24) is 9.88 Å². The standard InChI is InChI=1S/C24H27F3N4O/c25-24(26,27)19-5-7-20(8-6-19)31-13-11-30(12-14-31)10-2-1-3-18-16-29-22-9-4-17(23(28)32)15-21(18)22/h4-9,15-16,29H,1-3,10-14H2,(H2,28,32). The summed E-state index contributed by atoms with van der Waals surface area (Å²) in [5.74, 6) is -0.422. The summed E-state index contributed by atoms with van der Waals surface area (Å²) in [7, 11) is 0. The number of carbonyl (C=O) groups is 1. The van der Waals surface area contributed by atoms with E-state index < -0.39 is 17.6 Å². The molecule has 1 fully saturated rings. The van der Waals surface area contributed by atoms with Gasteiger partial charge in [0, 0.05) is 54.5 Å². The van der Waals surface area contributed by atoms with Gasteiger partial charge in [0.05, 0.1) is 5.56 Å². The van der Waals surface area contributed by atoms with E-state index in [4.69, 9.17) is 5.73 Å². The van der Waals surface area contributed by atoms with Gasteiger partial charge in [-0.15, -0.1) is 0 Å². The van der Waals surface area contributed by atoms with Gasteiger partial charge in [-0.2, -0.15) is 13.2 Å². The van der Waals surface area contributed by atoms with E-state index in [1.165, 1.54) is 5.56 Å². The third-order valence-electron chi connectivity index (χ3n) is 6.15. The highest BCUT2D eigenvalue weighted by molar-refractivity contribution is 5.97. The van der Waals surface area contributed by atoms with E-state index in [9.17, 15) is 18.0 Å². The number of H-pyrrole nitrogens is 1. The molecule has 2 aromatic carbocycles. The van der Waals surface area contributed by atoms with Crippen molar-refractivity contribution >= 4 is 22.5 Å². The SMILES string of the molecule is NC(=O)c1ccc2[nH]cc(CCCCN3CCN(c4ccc(C(F)(F)F)cc4)CC3)c2c1. The Morgan fingerprint density at radius 2 is 1.72 bits per heavy atom. The molecule has 5 nitrogen and oxygen atoms in total. The summed E-state index contributed by atoms with van der Waals surface area (Å²) in [5, 5.41) is 1.05. The summed E-state index contributed by atoms with van der Waals surface area (Å²) in [5.41, 5.74) is 8.34. The number of hydrogen-bond donors (Lipinski definition) is 2. The lowest BCUT2D eigenvalue weighted by atomic mass is 10.0. The molecule has 32 heavy (non-hydrogen) atoms. The van der Waals surface area contributed by atoms with E-state index in [0.717, 1.165) is 80.7 Å². The number of rotatable bonds is 7. The molecule has 3 N–H and O–H groups in total. The average molecular weight is 445 g/mol. The Hall–Kier alpha value is -3.00. The quantitative estimate of drug-likeness (QED) is 0.530. The minimum Gasteiger partial charge on any atom is -0.369 e. The van der Waals surface area contributed by atoms with Crippen LogP contribution in [-0.2, 0) is 12.6 Å². The number of aromatic amines is 1. The Bertz CT molecular complexity index is 1070. The molecular weight excluding hydrogens is 417 g/mol. The van der Waals surface area contributed by atoms with Gasteiger partial charge in [0.1, 0.15) is 0 Å². The molecule has 2 heterocycles. The number of nitrogens with one attached hydrogen (secondary N) is 1. The van der Waals surface area contributed by atoms with Crippen LogP contribution in [0, 0.1) is 0 Å². The molecule has 1 saturated heterocycles. The number of carbonyl (C=O) groups excluding carboxylic acids is 1. The lowest BCUT2D eigenvalue weighted by Gasteiger charge is -2.36. The maximum atomic E-state index is 12.7. The minimum absolute atomic E-state index is 0.422. The van der Waals surface area contributed by atoms with E-state index in [0.29, 0.717) is 5.56 Å². The van der Waals surface area contributed by atoms with Gasteiger partial charge < -0.3 is 15.6 Å². The number of nitrogens with two attached hydrogens (primary N) is 1. The number of unbranched alkanes of at least 4 members (excludes halogenated alkanes) is 1. The topological polar surface area (TPSA) is 65.4 Å². The third-order valence-corrected chi connectivity index (χ3v) is 6.15. The second kappa shape index (κ2) is 9.24. The van der Waals surface area contributed by atoms with Gasteiger partial charge in [0.15, 0.2) is 0 Å². The largest absolute Gasteiger partial charge is 0.416 e. The Kier molecular flexibility index (Phi) is 6.41. The molecule has 0 atom stereocenters. The molecular formula is C24H27F3N4O. The molecule has 0 spiro atoms. The van der Waals surface area contributed by atoms with E-state index in [1.807, 2.05) is 18.3 Å². The summed E-state index contributed by atoms with van der Waals surface area (Å²) in [6, 6.07) is 10.9. The molecule has 0 aliphatic carbocycles. The molecule has 170 valence electrons. The number of aromatic nitrogens is 1. The van der Waals surface area contributed by atoms with E-state index in [2.05, 4.69) is 14.8 Å². The van der Waals surface area contributed by atoms with Gasteiger partial charge in [-0.3, -0.25) is 9.69 Å². The molecule has 1 aliphatic rings. The van der Waals surface area contributed by atoms with Crippen LogP contribution in [0.5, 0.6) is 0 Å². The molecule has 8 heteroatoms. The molecule has 1 aromatic heterocycles. The van der Waals surface area contributed by atoms with Gasteiger partial charge in [0.2, 0.25) is 5.91 Å². The van der Waals surface area contributed by atoms with Crippen molar-refractivity contribution in [2.45, 2.75) is 25.4 Å². The number of amides is 1. The number of aryl methyl sites for hydroxylation is 1. The maximum absolute atomic E-state index is 12.7. The van der Waals surface area contributed by atoms with Crippen molar-refractivity contribution in [3.63, 3.8) is 0 Å². The third kappa shape index (κ3) is 5.07. The fourth-order valence-electron chi connectivity index (χ4n) is 4.28. The average Bonchev–Trinajstić information content (AvgIpc) is 3.19. The number of fused-ring (bicyclic) bond motifs is 1. The smallest absolute Gasteiger partial charge is 0.369 e. The Morgan fingerprint density at radius 3 is 2.38 bits per heavy atom. The molecule has 0 bridgehead atoms. The first-order valence-electron chi connectivity index (χ1n) is 10.9. The summed E-state index contributed by atoms with van der Waals surface area (Å²) >= 11 is 0. The predicted octanol–water partition coefficient (Wildman–Crippen LogP) is 4.43. The lowest BCUT2D eigenvalue weighted by molar-refractivity contribution is -0.137. The van der Waals surface area contributed by atoms with Crippen molar-refractivity contribution in [2.24, 2.45) is 5.73 Å². The second-order valence-corrected chi connectivity index (χ2v) is 8.27. The summed E-state index contributed by atoms with van der Waals surface area (Å²) < 4.78 is 38.2. The van der Waals surface area contributed by atoms with Gasteiger partial charge in [-0.1, -0.05) is 0 Å². The minimum atomic E-state index is -4.30. The number of alkyl halides is 3. The number of benzene rings is 2. The van der Waals surface area contributed by atoms with Crippen LogP contribution in [0.1, 0.15) is 34.3 Å². The van der Waals surface area contributed by atoms with Crippen LogP contribution in [0.15, 0.2) is 48.7 Å². The molecule has 4 rings (SSSR count). The summed E-state index contributed by atoms with van der Waals surface area (Å²) in [6.07, 6.45) is 0.718. The molecule has 0 unspecified atom stereocenters. The van der Waals surface area contributed by atoms with E-state index in [1.54, 1.807) is 18.2 Å². The number of primary amides is 1. The Labute approximate surface area is 185 Å². The first-order valence-corrected chi connectivity index (χ1v) is 10.9. The van der Waals surface area contributed by atoms with Crippen LogP contribution in [-0.4, -0.2) is 48.5 Å². The van der Waals surface area contributed by atoms with Crippen LogP contribution in [0.2, 0.25) is 0 Å². The molecule has 0 radical (unpaired) electrons. The van der Waals surface area contributed by atoms with Crippen LogP contribution >= 0.6 is 0 Å². The molecule has 1 aliphatic heterocycles. The number of hydrogen-bond acceptors (Lipinski definition) is 3. The van der Waals surface area contributed by atoms with Crippen molar-refractivity contribution in [2.75, 3.05) is 37.6 Å². The summed E-state index contributed by atoms with van der Waals surface area (Å²) in [4.78, 5) is 19.2. The highest BCUT2D eigenvalue weighted by Gasteiger charge is 2.30. The van der Waals surface area contributed by atoms with Gasteiger partial charge >= 0.3 is 6.18 Å². The molecule has 3 aromatic rings. The zero-order chi connectivity index (χ0) is 22.7. The highest BCUT2D eigenvalue weighted by Crippen LogP contribution is 2.30. The van der Waals surface area contributed by atoms with Gasteiger partial charge in [0.25, 0.3) is 0 Å². The number of nitrogens with zero attached hydrogens (tertiary/aromatic N) is 2. The van der Waals surface area contributed by atoms with Crippen LogP contribution in [0.3, 0.4) is 0 Å². The Balaban J connectivity index is 1.22. The van der Waals surface area contributed by atoms with E-state index in [-0.39, 0.29) is 0 Å². The lowest BCUT2D eigenvalue weighted by Crippen LogP contribution is -2.46. The van der Waals surface area contributed by atoms with Crippen molar-refractivity contribution < 1.29 is 18.0 Å². The van der Waals surface area contributed by atoms with Crippen LogP contribution in [0.4, 0.5) is 18.9 Å². The zero-order valence-corrected chi connectivity index (χ0v) is 17.8. The van der Waals surface area contributed by atoms with Crippen molar-refractivity contribution in [1.29, 1.82) is 0 Å². The van der Waals surface area contributed by atoms with Crippen molar-refractivity contribution in [3.8, 4) is 0 Å². The fourth-order valence-corrected chi connectivity index (χ4v) is 4.28. The fraction of sp³-hybridized carbons (Fsp3) is 0.375. The molecule has 1 amide bonds. The monoisotopic (exact) mass is 444 g/mol. The Morgan fingerprint density at radius 1 is 1.00 bits per heavy atom. The van der Waals surface area contributed by atoms with Crippen molar-refractivity contribution in [3.05, 3.63) is 65.4 Å². The highest BCUT2D eigenvalue weighted by atomic mass is 19.4. The maximum Gasteiger partial charge on any atom is 0.416 e. The zero-order valence-electron chi connectivity index (χ0n) is 17.8. The summed E-state index contributed by atoms with van der Waals surface area (Å²) in [6.45, 7) is 4.41. The van der Waals surface area contributed by atoms with E-state index >= 15 is 0 Å². The van der Waals surface area contributed by atoms with Crippen LogP contribution in [0.25, 0.3) is 10.9 Å². The normalized spacial score (nSPS) is 15.4. The second-order valence-electron chi connectivity index (χ2n) is 8.27. The number of halogens is 3. The first kappa shape index (κ1) is 22.2. The van der Waals surface area contributed by atoms with Crippen LogP contribution < -0.4 is 10.6 Å². The predicted molar refractivity (Wildman–Crippen MR) is 120 cm³/mol. The van der Waals surface area contributed by atoms with Gasteiger partial charge in [-0.05, 0) is 73.8 Å². The first-order chi connectivity index (χ1) is 15.3. The number of anilines is 1. The van der Waals surface area contributed by atoms with Gasteiger partial charge in [-0.25, -0.2) is 0 Å².